The van der Waals surface area contributed by atoms with Crippen LogP contribution in [0.5, 0.6) is 11.5 Å². The molecule has 0 aliphatic carbocycles. The summed E-state index contributed by atoms with van der Waals surface area (Å²) >= 11 is 5.42. The molecule has 2 aromatic carbocycles. The molecule has 0 aliphatic rings. The van der Waals surface area contributed by atoms with Crippen molar-refractivity contribution in [1.82, 2.24) is 9.80 Å². The molecule has 0 spiro atoms. The molecule has 0 amide bonds. The fourth-order valence-corrected chi connectivity index (χ4v) is 3.77. The molecule has 2 aromatic heterocycles. The van der Waals surface area contributed by atoms with Crippen molar-refractivity contribution in [3.63, 3.8) is 0 Å². The fraction of sp³-hybridized carbons (Fsp3) is 0.400. The summed E-state index contributed by atoms with van der Waals surface area (Å²) in [6.45, 7) is 6.47. The fourth-order valence-electron chi connectivity index (χ4n) is 3.66. The summed E-state index contributed by atoms with van der Waals surface area (Å²) in [5.74, 6) is 1.61. The molecular formula is C30H39ClN2O6. The van der Waals surface area contributed by atoms with E-state index in [4.69, 9.17) is 30.3 Å². The number of fused-ring (bicyclic) bond motifs is 2. The standard InChI is InChI=1S/C15H19NO3.C10H8O3.C5H12ClN/c1-11-9-15(17)19-14-10-12(5-6-13(11)14)18-8-4-7-16(2)3;1-6-4-10(12)13-9-5-7(11)2-3-8(6)9;1-7(2)5-3-4-6/h5-6,9-10H,4,7-8H2,1-3H3;2-5,11H,1H3;3-5H2,1-2H3. The van der Waals surface area contributed by atoms with Crippen LogP contribution in [0.15, 0.2) is 67.0 Å². The average molecular weight is 559 g/mol. The summed E-state index contributed by atoms with van der Waals surface area (Å²) in [6.07, 6.45) is 2.05. The Morgan fingerprint density at radius 3 is 1.79 bits per heavy atom. The molecule has 8 nitrogen and oxygen atoms in total. The van der Waals surface area contributed by atoms with Crippen LogP contribution in [0.3, 0.4) is 0 Å². The zero-order valence-electron chi connectivity index (χ0n) is 23.6. The van der Waals surface area contributed by atoms with E-state index in [2.05, 4.69) is 9.80 Å². The van der Waals surface area contributed by atoms with Crippen molar-refractivity contribution in [1.29, 1.82) is 0 Å². The largest absolute Gasteiger partial charge is 0.508 e. The van der Waals surface area contributed by atoms with Gasteiger partial charge in [0.15, 0.2) is 0 Å². The predicted molar refractivity (Wildman–Crippen MR) is 159 cm³/mol. The van der Waals surface area contributed by atoms with Crippen LogP contribution in [0, 0.1) is 13.8 Å². The van der Waals surface area contributed by atoms with Gasteiger partial charge in [0.05, 0.1) is 6.61 Å². The van der Waals surface area contributed by atoms with Crippen LogP contribution in [0.1, 0.15) is 24.0 Å². The van der Waals surface area contributed by atoms with Crippen LogP contribution >= 0.6 is 11.6 Å². The maximum Gasteiger partial charge on any atom is 0.336 e. The molecule has 0 aliphatic heterocycles. The molecule has 2 heterocycles. The number of hydrogen-bond donors (Lipinski definition) is 1. The Hall–Kier alpha value is -3.33. The summed E-state index contributed by atoms with van der Waals surface area (Å²) in [5.41, 5.74) is 2.06. The van der Waals surface area contributed by atoms with Crippen LogP contribution in [-0.2, 0) is 0 Å². The van der Waals surface area contributed by atoms with Crippen molar-refractivity contribution in [3.05, 3.63) is 80.5 Å². The van der Waals surface area contributed by atoms with E-state index in [1.54, 1.807) is 18.2 Å². The molecule has 1 N–H and O–H groups in total. The van der Waals surface area contributed by atoms with Crippen molar-refractivity contribution in [2.45, 2.75) is 26.7 Å². The third kappa shape index (κ3) is 11.1. The van der Waals surface area contributed by atoms with Crippen LogP contribution < -0.4 is 16.0 Å². The average Bonchev–Trinajstić information content (AvgIpc) is 2.85. The van der Waals surface area contributed by atoms with E-state index >= 15 is 0 Å². The first-order chi connectivity index (χ1) is 18.5. The number of halogens is 1. The van der Waals surface area contributed by atoms with Crippen molar-refractivity contribution >= 4 is 33.5 Å². The van der Waals surface area contributed by atoms with Gasteiger partial charge in [-0.2, -0.15) is 0 Å². The number of aryl methyl sites for hydroxylation is 2. The lowest BCUT2D eigenvalue weighted by Gasteiger charge is -2.10. The minimum Gasteiger partial charge on any atom is -0.508 e. The molecule has 0 fully saturated rings. The van der Waals surface area contributed by atoms with Gasteiger partial charge in [0.1, 0.15) is 22.7 Å². The summed E-state index contributed by atoms with van der Waals surface area (Å²) in [6, 6.07) is 13.3. The molecule has 0 saturated heterocycles. The first kappa shape index (κ1) is 31.9. The van der Waals surface area contributed by atoms with Crippen molar-refractivity contribution in [3.8, 4) is 11.5 Å². The van der Waals surface area contributed by atoms with Crippen LogP contribution in [0.25, 0.3) is 21.9 Å². The number of rotatable bonds is 8. The Bertz CT molecular complexity index is 1450. The molecule has 39 heavy (non-hydrogen) atoms. The van der Waals surface area contributed by atoms with Crippen LogP contribution in [0.2, 0.25) is 0 Å². The highest BCUT2D eigenvalue weighted by Gasteiger charge is 2.04. The minimum atomic E-state index is -0.393. The summed E-state index contributed by atoms with van der Waals surface area (Å²) in [7, 11) is 8.17. The van der Waals surface area contributed by atoms with E-state index in [-0.39, 0.29) is 11.4 Å². The van der Waals surface area contributed by atoms with Crippen molar-refractivity contribution in [2.24, 2.45) is 0 Å². The maximum atomic E-state index is 11.3. The van der Waals surface area contributed by atoms with Gasteiger partial charge in [-0.1, -0.05) is 0 Å². The summed E-state index contributed by atoms with van der Waals surface area (Å²) in [5, 5.41) is 10.9. The van der Waals surface area contributed by atoms with Gasteiger partial charge in [0.2, 0.25) is 0 Å². The Labute approximate surface area is 234 Å². The molecule has 4 aromatic rings. The van der Waals surface area contributed by atoms with Gasteiger partial charge < -0.3 is 28.5 Å². The number of aromatic hydroxyl groups is 1. The molecule has 4 rings (SSSR count). The van der Waals surface area contributed by atoms with Gasteiger partial charge in [-0.15, -0.1) is 11.6 Å². The Balaban J connectivity index is 0.000000230. The molecule has 0 bridgehead atoms. The molecular weight excluding hydrogens is 520 g/mol. The lowest BCUT2D eigenvalue weighted by atomic mass is 10.1. The Kier molecular flexibility index (Phi) is 13.0. The van der Waals surface area contributed by atoms with E-state index in [0.717, 1.165) is 59.5 Å². The highest BCUT2D eigenvalue weighted by molar-refractivity contribution is 6.17. The number of alkyl halides is 1. The SMILES string of the molecule is CN(C)CCCCl.Cc1cc(=O)oc2cc(O)ccc12.Cc1cc(=O)oc2cc(OCCCN(C)C)ccc12. The van der Waals surface area contributed by atoms with E-state index in [1.807, 2.05) is 54.2 Å². The smallest absolute Gasteiger partial charge is 0.336 e. The van der Waals surface area contributed by atoms with Gasteiger partial charge >= 0.3 is 11.3 Å². The maximum absolute atomic E-state index is 11.3. The Morgan fingerprint density at radius 1 is 0.769 bits per heavy atom. The van der Waals surface area contributed by atoms with Crippen molar-refractivity contribution < 1.29 is 18.7 Å². The third-order valence-electron chi connectivity index (χ3n) is 5.62. The molecule has 0 unspecified atom stereocenters. The van der Waals surface area contributed by atoms with Crippen LogP contribution in [0.4, 0.5) is 0 Å². The summed E-state index contributed by atoms with van der Waals surface area (Å²) in [4.78, 5) is 26.5. The number of ether oxygens (including phenoxy) is 1. The number of phenolic OH excluding ortho intramolecular Hbond substituents is 1. The van der Waals surface area contributed by atoms with E-state index < -0.39 is 5.63 Å². The topological polar surface area (TPSA) is 96.4 Å². The first-order valence-electron chi connectivity index (χ1n) is 12.8. The van der Waals surface area contributed by atoms with Gasteiger partial charge in [0.25, 0.3) is 0 Å². The monoisotopic (exact) mass is 558 g/mol. The van der Waals surface area contributed by atoms with Crippen LogP contribution in [-0.4, -0.2) is 68.7 Å². The van der Waals surface area contributed by atoms with Gasteiger partial charge in [0, 0.05) is 47.5 Å². The van der Waals surface area contributed by atoms with E-state index in [0.29, 0.717) is 17.8 Å². The summed E-state index contributed by atoms with van der Waals surface area (Å²) < 4.78 is 15.7. The molecule has 0 radical (unpaired) electrons. The molecule has 212 valence electrons. The predicted octanol–water partition coefficient (Wildman–Crippen LogP) is 5.42. The molecule has 9 heteroatoms. The van der Waals surface area contributed by atoms with E-state index in [9.17, 15) is 9.59 Å². The zero-order chi connectivity index (χ0) is 28.9. The lowest BCUT2D eigenvalue weighted by Crippen LogP contribution is -2.15. The molecule has 0 saturated carbocycles. The van der Waals surface area contributed by atoms with Crippen molar-refractivity contribution in [2.75, 3.05) is 53.8 Å². The Morgan fingerprint density at radius 2 is 1.28 bits per heavy atom. The first-order valence-corrected chi connectivity index (χ1v) is 13.3. The lowest BCUT2D eigenvalue weighted by molar-refractivity contribution is 0.281. The minimum absolute atomic E-state index is 0.0984. The van der Waals surface area contributed by atoms with E-state index in [1.165, 1.54) is 18.2 Å². The second-order valence-electron chi connectivity index (χ2n) is 9.69. The molecule has 0 atom stereocenters. The number of benzene rings is 2. The number of hydrogen-bond acceptors (Lipinski definition) is 8. The number of nitrogens with zero attached hydrogens (tertiary/aromatic N) is 2. The second-order valence-corrected chi connectivity index (χ2v) is 10.1. The normalized spacial score (nSPS) is 10.8. The zero-order valence-corrected chi connectivity index (χ0v) is 24.4. The number of phenols is 1. The van der Waals surface area contributed by atoms with Gasteiger partial charge in [-0.25, -0.2) is 9.59 Å². The third-order valence-corrected chi connectivity index (χ3v) is 5.88. The van der Waals surface area contributed by atoms with Gasteiger partial charge in [-0.05, 0) is 96.8 Å². The quantitative estimate of drug-likeness (QED) is 0.174. The highest BCUT2D eigenvalue weighted by atomic mass is 35.5. The highest BCUT2D eigenvalue weighted by Crippen LogP contribution is 2.22. The van der Waals surface area contributed by atoms with Gasteiger partial charge in [-0.3, -0.25) is 0 Å². The second kappa shape index (κ2) is 15.9.